The lowest BCUT2D eigenvalue weighted by Gasteiger charge is -2.04. The van der Waals surface area contributed by atoms with E-state index in [1.165, 1.54) is 17.4 Å². The van der Waals surface area contributed by atoms with E-state index >= 15 is 0 Å². The van der Waals surface area contributed by atoms with Crippen LogP contribution >= 0.6 is 11.3 Å². The highest BCUT2D eigenvalue weighted by atomic mass is 32.2. The zero-order valence-electron chi connectivity index (χ0n) is 8.15. The Labute approximate surface area is 88.2 Å². The first-order chi connectivity index (χ1) is 6.39. The number of nitrogens with two attached hydrogens (primary N) is 1. The second-order valence-electron chi connectivity index (χ2n) is 3.30. The molecule has 0 radical (unpaired) electrons. The van der Waals surface area contributed by atoms with Gasteiger partial charge in [-0.1, -0.05) is 13.8 Å². The van der Waals surface area contributed by atoms with Crippen molar-refractivity contribution in [1.29, 1.82) is 0 Å². The Morgan fingerprint density at radius 3 is 2.57 bits per heavy atom. The molecular weight excluding hydrogens is 220 g/mol. The Kier molecular flexibility index (Phi) is 3.65. The van der Waals surface area contributed by atoms with Crippen molar-refractivity contribution in [2.45, 2.75) is 30.6 Å². The van der Waals surface area contributed by atoms with E-state index in [1.54, 1.807) is 6.07 Å². The molecule has 1 aromatic heterocycles. The van der Waals surface area contributed by atoms with Gasteiger partial charge in [0.15, 0.2) is 0 Å². The Morgan fingerprint density at radius 1 is 1.50 bits per heavy atom. The summed E-state index contributed by atoms with van der Waals surface area (Å²) in [5.41, 5.74) is 0. The highest BCUT2D eigenvalue weighted by Crippen LogP contribution is 2.19. The molecule has 80 valence electrons. The van der Waals surface area contributed by atoms with Crippen LogP contribution in [-0.2, 0) is 16.6 Å². The van der Waals surface area contributed by atoms with Crippen LogP contribution in [0, 0.1) is 0 Å². The Morgan fingerprint density at radius 2 is 2.14 bits per heavy atom. The van der Waals surface area contributed by atoms with Gasteiger partial charge in [0.25, 0.3) is 0 Å². The third kappa shape index (κ3) is 3.38. The van der Waals surface area contributed by atoms with Crippen LogP contribution in [-0.4, -0.2) is 14.5 Å². The van der Waals surface area contributed by atoms with Crippen molar-refractivity contribution in [3.63, 3.8) is 0 Å². The normalized spacial score (nSPS) is 12.3. The van der Waals surface area contributed by atoms with Crippen LogP contribution in [0.1, 0.15) is 18.7 Å². The summed E-state index contributed by atoms with van der Waals surface area (Å²) < 4.78 is 22.1. The maximum Gasteiger partial charge on any atom is 0.247 e. The van der Waals surface area contributed by atoms with Crippen molar-refractivity contribution in [2.24, 2.45) is 5.14 Å². The van der Waals surface area contributed by atoms with E-state index in [0.29, 0.717) is 12.6 Å². The van der Waals surface area contributed by atoms with E-state index in [2.05, 4.69) is 5.32 Å². The lowest BCUT2D eigenvalue weighted by molar-refractivity contribution is 0.593. The first-order valence-electron chi connectivity index (χ1n) is 4.24. The molecule has 0 bridgehead atoms. The maximum atomic E-state index is 11.0. The van der Waals surface area contributed by atoms with Gasteiger partial charge in [-0.25, -0.2) is 13.6 Å². The molecule has 14 heavy (non-hydrogen) atoms. The summed E-state index contributed by atoms with van der Waals surface area (Å²) in [4.78, 5) is 0.975. The van der Waals surface area contributed by atoms with Crippen molar-refractivity contribution in [2.75, 3.05) is 0 Å². The van der Waals surface area contributed by atoms with E-state index in [9.17, 15) is 8.42 Å². The minimum atomic E-state index is -3.53. The summed E-state index contributed by atoms with van der Waals surface area (Å²) in [6.45, 7) is 4.75. The number of hydrogen-bond acceptors (Lipinski definition) is 4. The molecule has 0 spiro atoms. The summed E-state index contributed by atoms with van der Waals surface area (Å²) in [5, 5.41) is 8.19. The van der Waals surface area contributed by atoms with E-state index < -0.39 is 10.0 Å². The molecule has 6 heteroatoms. The molecule has 0 aromatic carbocycles. The van der Waals surface area contributed by atoms with Crippen LogP contribution in [0.2, 0.25) is 0 Å². The molecule has 0 fully saturated rings. The lowest BCUT2D eigenvalue weighted by atomic mass is 10.4. The molecular formula is C8H14N2O2S2. The summed E-state index contributed by atoms with van der Waals surface area (Å²) in [6, 6.07) is 3.70. The van der Waals surface area contributed by atoms with E-state index in [4.69, 9.17) is 5.14 Å². The molecule has 1 aromatic rings. The van der Waals surface area contributed by atoms with Gasteiger partial charge in [-0.2, -0.15) is 0 Å². The van der Waals surface area contributed by atoms with Gasteiger partial charge >= 0.3 is 0 Å². The fraction of sp³-hybridized carbons (Fsp3) is 0.500. The Hall–Kier alpha value is -0.430. The van der Waals surface area contributed by atoms with Gasteiger partial charge in [-0.15, -0.1) is 11.3 Å². The van der Waals surface area contributed by atoms with Crippen LogP contribution in [0.3, 0.4) is 0 Å². The molecule has 0 aliphatic carbocycles. The molecule has 1 heterocycles. The van der Waals surface area contributed by atoms with E-state index in [0.717, 1.165) is 4.88 Å². The molecule has 4 nitrogen and oxygen atoms in total. The van der Waals surface area contributed by atoms with Crippen LogP contribution in [0.25, 0.3) is 0 Å². The van der Waals surface area contributed by atoms with Gasteiger partial charge in [0.1, 0.15) is 4.21 Å². The average Bonchev–Trinajstić information content (AvgIpc) is 2.47. The van der Waals surface area contributed by atoms with Crippen molar-refractivity contribution in [3.8, 4) is 0 Å². The van der Waals surface area contributed by atoms with Crippen molar-refractivity contribution in [1.82, 2.24) is 5.32 Å². The molecule has 0 saturated heterocycles. The highest BCUT2D eigenvalue weighted by molar-refractivity contribution is 7.91. The molecule has 0 amide bonds. The number of rotatable bonds is 4. The molecule has 0 saturated carbocycles. The number of primary sulfonamides is 1. The second-order valence-corrected chi connectivity index (χ2v) is 6.26. The first kappa shape index (κ1) is 11.6. The fourth-order valence-corrected chi connectivity index (χ4v) is 2.64. The van der Waals surface area contributed by atoms with Gasteiger partial charge in [0, 0.05) is 17.5 Å². The third-order valence-corrected chi connectivity index (χ3v) is 4.13. The summed E-state index contributed by atoms with van der Waals surface area (Å²) in [5.74, 6) is 0. The molecule has 3 N–H and O–H groups in total. The standard InChI is InChI=1S/C8H14N2O2S2/c1-6(2)10-5-7-3-4-8(13-7)14(9,11)12/h3-4,6,10H,5H2,1-2H3,(H2,9,11,12). The zero-order chi connectivity index (χ0) is 10.8. The van der Waals surface area contributed by atoms with Gasteiger partial charge in [0.2, 0.25) is 10.0 Å². The van der Waals surface area contributed by atoms with Crippen LogP contribution in [0.4, 0.5) is 0 Å². The van der Waals surface area contributed by atoms with E-state index in [1.807, 2.05) is 13.8 Å². The van der Waals surface area contributed by atoms with Crippen LogP contribution in [0.5, 0.6) is 0 Å². The maximum absolute atomic E-state index is 11.0. The molecule has 1 rings (SSSR count). The average molecular weight is 234 g/mol. The lowest BCUT2D eigenvalue weighted by Crippen LogP contribution is -2.21. The largest absolute Gasteiger partial charge is 0.310 e. The fourth-order valence-electron chi connectivity index (χ4n) is 0.911. The summed E-state index contributed by atoms with van der Waals surface area (Å²) >= 11 is 1.21. The smallest absolute Gasteiger partial charge is 0.247 e. The predicted molar refractivity (Wildman–Crippen MR) is 57.7 cm³/mol. The number of nitrogens with one attached hydrogen (secondary N) is 1. The molecule has 0 unspecified atom stereocenters. The highest BCUT2D eigenvalue weighted by Gasteiger charge is 2.10. The zero-order valence-corrected chi connectivity index (χ0v) is 9.78. The van der Waals surface area contributed by atoms with Gasteiger partial charge in [-0.3, -0.25) is 0 Å². The minimum Gasteiger partial charge on any atom is -0.310 e. The van der Waals surface area contributed by atoms with Crippen LogP contribution < -0.4 is 10.5 Å². The molecule has 0 aliphatic rings. The topological polar surface area (TPSA) is 72.2 Å². The SMILES string of the molecule is CC(C)NCc1ccc(S(N)(=O)=O)s1. The molecule has 0 atom stereocenters. The van der Waals surface area contributed by atoms with Gasteiger partial charge in [-0.05, 0) is 12.1 Å². The van der Waals surface area contributed by atoms with Crippen molar-refractivity contribution < 1.29 is 8.42 Å². The molecule has 0 aliphatic heterocycles. The minimum absolute atomic E-state index is 0.220. The summed E-state index contributed by atoms with van der Waals surface area (Å²) in [7, 11) is -3.53. The number of sulfonamides is 1. The number of hydrogen-bond donors (Lipinski definition) is 2. The van der Waals surface area contributed by atoms with Gasteiger partial charge < -0.3 is 5.32 Å². The summed E-state index contributed by atoms with van der Waals surface area (Å²) in [6.07, 6.45) is 0. The Balaban J connectivity index is 2.70. The quantitative estimate of drug-likeness (QED) is 0.812. The first-order valence-corrected chi connectivity index (χ1v) is 6.61. The predicted octanol–water partition coefficient (Wildman–Crippen LogP) is 0.894. The van der Waals surface area contributed by atoms with Crippen LogP contribution in [0.15, 0.2) is 16.3 Å². The van der Waals surface area contributed by atoms with Crippen molar-refractivity contribution in [3.05, 3.63) is 17.0 Å². The van der Waals surface area contributed by atoms with Gasteiger partial charge in [0.05, 0.1) is 0 Å². The van der Waals surface area contributed by atoms with E-state index in [-0.39, 0.29) is 4.21 Å². The number of thiophene rings is 1. The van der Waals surface area contributed by atoms with Crippen molar-refractivity contribution >= 4 is 21.4 Å². The monoisotopic (exact) mass is 234 g/mol. The Bertz CT molecular complexity index is 395. The third-order valence-electron chi connectivity index (χ3n) is 1.60. The second kappa shape index (κ2) is 4.39.